The lowest BCUT2D eigenvalue weighted by Crippen LogP contribution is -2.38. The van der Waals surface area contributed by atoms with Crippen molar-refractivity contribution in [2.24, 2.45) is 0 Å². The van der Waals surface area contributed by atoms with Crippen molar-refractivity contribution in [3.63, 3.8) is 0 Å². The van der Waals surface area contributed by atoms with Crippen LogP contribution in [-0.2, 0) is 5.54 Å². The third-order valence-corrected chi connectivity index (χ3v) is 2.35. The molecule has 1 aromatic heterocycles. The van der Waals surface area contributed by atoms with E-state index in [-0.39, 0.29) is 11.4 Å². The number of anilines is 1. The molecule has 0 aromatic carbocycles. The molecule has 14 heavy (non-hydrogen) atoms. The predicted molar refractivity (Wildman–Crippen MR) is 55.4 cm³/mol. The highest BCUT2D eigenvalue weighted by atomic mass is 16.2. The van der Waals surface area contributed by atoms with Crippen LogP contribution >= 0.6 is 0 Å². The van der Waals surface area contributed by atoms with Gasteiger partial charge in [0, 0.05) is 11.7 Å². The van der Waals surface area contributed by atoms with Gasteiger partial charge in [-0.1, -0.05) is 0 Å². The molecule has 0 spiro atoms. The molecule has 0 fully saturated rings. The summed E-state index contributed by atoms with van der Waals surface area (Å²) in [7, 11) is 0. The van der Waals surface area contributed by atoms with Gasteiger partial charge in [-0.25, -0.2) is 0 Å². The number of amides is 1. The van der Waals surface area contributed by atoms with Gasteiger partial charge in [-0.2, -0.15) is 0 Å². The van der Waals surface area contributed by atoms with E-state index in [1.54, 1.807) is 0 Å². The lowest BCUT2D eigenvalue weighted by molar-refractivity contribution is 0.0937. The minimum Gasteiger partial charge on any atom is -0.366 e. The van der Waals surface area contributed by atoms with Gasteiger partial charge >= 0.3 is 0 Å². The molecule has 0 saturated heterocycles. The van der Waals surface area contributed by atoms with Gasteiger partial charge in [0.1, 0.15) is 5.69 Å². The Morgan fingerprint density at radius 1 is 1.36 bits per heavy atom. The van der Waals surface area contributed by atoms with E-state index in [4.69, 9.17) is 0 Å². The van der Waals surface area contributed by atoms with E-state index < -0.39 is 0 Å². The molecule has 0 radical (unpaired) electrons. The fraction of sp³-hybridized carbons (Fsp3) is 0.500. The number of hydrogen-bond donors (Lipinski definition) is 2. The topological polar surface area (TPSA) is 46.1 Å². The second-order valence-corrected chi connectivity index (χ2v) is 4.48. The average molecular weight is 193 g/mol. The molecule has 1 aliphatic rings. The summed E-state index contributed by atoms with van der Waals surface area (Å²) >= 11 is 0. The van der Waals surface area contributed by atoms with Crippen LogP contribution in [0.5, 0.6) is 0 Å². The Morgan fingerprint density at radius 3 is 2.71 bits per heavy atom. The standard InChI is InChI=1S/C10H15N3O/c1-10(2,3)13-5-4-7-8(13)9(14)12-6-11-7/h4-5,11H,6H2,1-3H3,(H,12,14). The summed E-state index contributed by atoms with van der Waals surface area (Å²) in [6.07, 6.45) is 1.95. The Labute approximate surface area is 83.3 Å². The summed E-state index contributed by atoms with van der Waals surface area (Å²) < 4.78 is 1.99. The van der Waals surface area contributed by atoms with Crippen LogP contribution in [0.3, 0.4) is 0 Å². The summed E-state index contributed by atoms with van der Waals surface area (Å²) in [4.78, 5) is 11.6. The van der Waals surface area contributed by atoms with Crippen molar-refractivity contribution in [1.82, 2.24) is 9.88 Å². The Bertz CT molecular complexity index is 373. The van der Waals surface area contributed by atoms with E-state index in [9.17, 15) is 4.79 Å². The number of aromatic nitrogens is 1. The van der Waals surface area contributed by atoms with Crippen LogP contribution in [0.1, 0.15) is 31.3 Å². The summed E-state index contributed by atoms with van der Waals surface area (Å²) in [6, 6.07) is 1.94. The van der Waals surface area contributed by atoms with Crippen LogP contribution in [0.15, 0.2) is 12.3 Å². The third-order valence-electron chi connectivity index (χ3n) is 2.35. The largest absolute Gasteiger partial charge is 0.366 e. The van der Waals surface area contributed by atoms with Gasteiger partial charge < -0.3 is 15.2 Å². The minimum atomic E-state index is -0.0655. The predicted octanol–water partition coefficient (Wildman–Crippen LogP) is 1.36. The highest BCUT2D eigenvalue weighted by molar-refractivity contribution is 6.00. The zero-order chi connectivity index (χ0) is 10.3. The Hall–Kier alpha value is -1.45. The molecule has 2 heterocycles. The van der Waals surface area contributed by atoms with E-state index in [1.807, 2.05) is 16.8 Å². The average Bonchev–Trinajstić information content (AvgIpc) is 2.47. The van der Waals surface area contributed by atoms with Crippen LogP contribution in [-0.4, -0.2) is 17.1 Å². The summed E-state index contributed by atoms with van der Waals surface area (Å²) in [5.41, 5.74) is 1.58. The van der Waals surface area contributed by atoms with E-state index >= 15 is 0 Å². The molecular weight excluding hydrogens is 178 g/mol. The van der Waals surface area contributed by atoms with E-state index in [2.05, 4.69) is 31.4 Å². The number of nitrogens with one attached hydrogen (secondary N) is 2. The van der Waals surface area contributed by atoms with Gasteiger partial charge in [0.15, 0.2) is 0 Å². The molecule has 2 rings (SSSR count). The van der Waals surface area contributed by atoms with Crippen LogP contribution in [0.4, 0.5) is 5.69 Å². The van der Waals surface area contributed by atoms with Crippen LogP contribution in [0, 0.1) is 0 Å². The molecule has 2 N–H and O–H groups in total. The molecule has 4 nitrogen and oxygen atoms in total. The Morgan fingerprint density at radius 2 is 2.07 bits per heavy atom. The Balaban J connectivity index is 2.54. The highest BCUT2D eigenvalue weighted by Crippen LogP contribution is 2.25. The maximum absolute atomic E-state index is 11.6. The van der Waals surface area contributed by atoms with Gasteiger partial charge in [-0.3, -0.25) is 4.79 Å². The number of carbonyl (C=O) groups is 1. The number of carbonyl (C=O) groups excluding carboxylic acids is 1. The van der Waals surface area contributed by atoms with Crippen molar-refractivity contribution in [3.05, 3.63) is 18.0 Å². The van der Waals surface area contributed by atoms with Crippen LogP contribution in [0.25, 0.3) is 0 Å². The zero-order valence-electron chi connectivity index (χ0n) is 8.72. The first kappa shape index (κ1) is 9.12. The van der Waals surface area contributed by atoms with E-state index in [1.165, 1.54) is 0 Å². The first-order chi connectivity index (χ1) is 6.50. The molecule has 0 atom stereocenters. The summed E-state index contributed by atoms with van der Waals surface area (Å²) in [5, 5.41) is 5.90. The quantitative estimate of drug-likeness (QED) is 0.653. The smallest absolute Gasteiger partial charge is 0.271 e. The van der Waals surface area contributed by atoms with Crippen molar-refractivity contribution in [2.45, 2.75) is 26.3 Å². The third kappa shape index (κ3) is 1.27. The van der Waals surface area contributed by atoms with E-state index in [0.29, 0.717) is 6.67 Å². The minimum absolute atomic E-state index is 0.00123. The van der Waals surface area contributed by atoms with Crippen molar-refractivity contribution >= 4 is 11.6 Å². The second-order valence-electron chi connectivity index (χ2n) is 4.48. The van der Waals surface area contributed by atoms with Crippen LogP contribution < -0.4 is 10.6 Å². The first-order valence-corrected chi connectivity index (χ1v) is 4.74. The first-order valence-electron chi connectivity index (χ1n) is 4.74. The maximum Gasteiger partial charge on any atom is 0.271 e. The fourth-order valence-corrected chi connectivity index (χ4v) is 1.67. The molecule has 1 aliphatic heterocycles. The SMILES string of the molecule is CC(C)(C)n1ccc2c1C(=O)NCN2. The number of nitrogens with zero attached hydrogens (tertiary/aromatic N) is 1. The molecule has 0 saturated carbocycles. The molecule has 1 amide bonds. The molecular formula is C10H15N3O. The lowest BCUT2D eigenvalue weighted by Gasteiger charge is -2.26. The van der Waals surface area contributed by atoms with Crippen LogP contribution in [0.2, 0.25) is 0 Å². The summed E-state index contributed by atoms with van der Waals surface area (Å²) in [5.74, 6) is -0.00123. The number of fused-ring (bicyclic) bond motifs is 1. The molecule has 76 valence electrons. The fourth-order valence-electron chi connectivity index (χ4n) is 1.67. The lowest BCUT2D eigenvalue weighted by atomic mass is 10.1. The van der Waals surface area contributed by atoms with Crippen molar-refractivity contribution < 1.29 is 4.79 Å². The highest BCUT2D eigenvalue weighted by Gasteiger charge is 2.25. The summed E-state index contributed by atoms with van der Waals surface area (Å²) in [6.45, 7) is 6.75. The molecule has 0 aliphatic carbocycles. The number of rotatable bonds is 0. The van der Waals surface area contributed by atoms with Crippen molar-refractivity contribution in [3.8, 4) is 0 Å². The molecule has 0 unspecified atom stereocenters. The second kappa shape index (κ2) is 2.77. The van der Waals surface area contributed by atoms with Gasteiger partial charge in [-0.05, 0) is 26.8 Å². The van der Waals surface area contributed by atoms with Crippen molar-refractivity contribution in [2.75, 3.05) is 12.0 Å². The Kier molecular flexibility index (Phi) is 1.80. The van der Waals surface area contributed by atoms with Gasteiger partial charge in [0.25, 0.3) is 5.91 Å². The molecule has 0 bridgehead atoms. The molecule has 1 aromatic rings. The maximum atomic E-state index is 11.6. The monoisotopic (exact) mass is 193 g/mol. The van der Waals surface area contributed by atoms with Gasteiger partial charge in [-0.15, -0.1) is 0 Å². The van der Waals surface area contributed by atoms with Gasteiger partial charge in [0.2, 0.25) is 0 Å². The molecule has 4 heteroatoms. The van der Waals surface area contributed by atoms with Crippen molar-refractivity contribution in [1.29, 1.82) is 0 Å². The number of hydrogen-bond acceptors (Lipinski definition) is 2. The van der Waals surface area contributed by atoms with Gasteiger partial charge in [0.05, 0.1) is 12.4 Å². The normalized spacial score (nSPS) is 15.8. The zero-order valence-corrected chi connectivity index (χ0v) is 8.72. The van der Waals surface area contributed by atoms with E-state index in [0.717, 1.165) is 11.4 Å².